The van der Waals surface area contributed by atoms with Gasteiger partial charge in [0, 0.05) is 5.69 Å². The number of ether oxygens (including phenoxy) is 1. The van der Waals surface area contributed by atoms with Gasteiger partial charge in [-0.3, -0.25) is 0 Å². The highest BCUT2D eigenvalue weighted by Crippen LogP contribution is 2.14. The number of benzene rings is 1. The number of hydrogen-bond acceptors (Lipinski definition) is 2. The number of rotatable bonds is 4. The molecular weight excluding hydrogens is 205 g/mol. The summed E-state index contributed by atoms with van der Waals surface area (Å²) in [6.45, 7) is 10.1. The van der Waals surface area contributed by atoms with Crippen LogP contribution in [0.5, 0.6) is 0 Å². The Balaban J connectivity index is 2.43. The van der Waals surface area contributed by atoms with Crippen LogP contribution in [0, 0.1) is 5.82 Å². The summed E-state index contributed by atoms with van der Waals surface area (Å²) in [5.41, 5.74) is 0.472. The molecule has 0 aliphatic rings. The number of hydrogen-bond donors (Lipinski definition) is 1. The Hall–Kier alpha value is -1.51. The second-order valence-corrected chi connectivity index (χ2v) is 4.62. The van der Waals surface area contributed by atoms with Gasteiger partial charge in [0.15, 0.2) is 0 Å². The largest absolute Gasteiger partial charge is 0.491 e. The van der Waals surface area contributed by atoms with Crippen molar-refractivity contribution < 1.29 is 9.13 Å². The molecule has 0 aliphatic heterocycles. The van der Waals surface area contributed by atoms with E-state index in [1.54, 1.807) is 12.1 Å². The number of nitrogens with one attached hydrogen (secondary N) is 1. The van der Waals surface area contributed by atoms with E-state index < -0.39 is 0 Å². The number of anilines is 1. The fourth-order valence-corrected chi connectivity index (χ4v) is 1.27. The molecule has 0 spiro atoms. The zero-order valence-corrected chi connectivity index (χ0v) is 10.0. The topological polar surface area (TPSA) is 21.3 Å². The Morgan fingerprint density at radius 3 is 2.69 bits per heavy atom. The molecule has 0 aliphatic carbocycles. The summed E-state index contributed by atoms with van der Waals surface area (Å²) < 4.78 is 18.4. The second-order valence-electron chi connectivity index (χ2n) is 4.62. The monoisotopic (exact) mass is 223 g/mol. The first-order valence-electron chi connectivity index (χ1n) is 5.23. The fourth-order valence-electron chi connectivity index (χ4n) is 1.27. The lowest BCUT2D eigenvalue weighted by Gasteiger charge is -2.23. The summed E-state index contributed by atoms with van der Waals surface area (Å²) >= 11 is 0. The van der Waals surface area contributed by atoms with E-state index in [1.807, 2.05) is 20.8 Å². The molecule has 0 atom stereocenters. The van der Waals surface area contributed by atoms with Crippen molar-refractivity contribution in [3.63, 3.8) is 0 Å². The van der Waals surface area contributed by atoms with Gasteiger partial charge < -0.3 is 10.1 Å². The normalized spacial score (nSPS) is 11.0. The van der Waals surface area contributed by atoms with Gasteiger partial charge in [0.1, 0.15) is 17.2 Å². The molecule has 1 aromatic rings. The van der Waals surface area contributed by atoms with Crippen molar-refractivity contribution in [1.29, 1.82) is 0 Å². The minimum atomic E-state index is -0.257. The van der Waals surface area contributed by atoms with E-state index in [0.717, 1.165) is 5.69 Å². The van der Waals surface area contributed by atoms with Crippen molar-refractivity contribution in [1.82, 2.24) is 0 Å². The van der Waals surface area contributed by atoms with E-state index >= 15 is 0 Å². The molecular formula is C13H18FNO. The summed E-state index contributed by atoms with van der Waals surface area (Å²) in [5.74, 6) is 0.379. The van der Waals surface area contributed by atoms with Gasteiger partial charge in [-0.1, -0.05) is 12.6 Å². The SMILES string of the molecule is C=C(CNc1cccc(F)c1)OC(C)(C)C. The maximum atomic E-state index is 12.9. The van der Waals surface area contributed by atoms with Crippen molar-refractivity contribution in [2.75, 3.05) is 11.9 Å². The molecule has 0 unspecified atom stereocenters. The van der Waals surface area contributed by atoms with E-state index in [0.29, 0.717) is 12.3 Å². The van der Waals surface area contributed by atoms with Crippen LogP contribution in [-0.4, -0.2) is 12.1 Å². The Labute approximate surface area is 96.1 Å². The molecule has 1 rings (SSSR count). The van der Waals surface area contributed by atoms with Crippen LogP contribution in [0.15, 0.2) is 36.6 Å². The van der Waals surface area contributed by atoms with Crippen molar-refractivity contribution in [3.05, 3.63) is 42.4 Å². The smallest absolute Gasteiger partial charge is 0.125 e. The lowest BCUT2D eigenvalue weighted by Crippen LogP contribution is -2.21. The molecule has 1 N–H and O–H groups in total. The lowest BCUT2D eigenvalue weighted by molar-refractivity contribution is 0.0530. The van der Waals surface area contributed by atoms with Gasteiger partial charge in [-0.15, -0.1) is 0 Å². The predicted molar refractivity (Wildman–Crippen MR) is 64.9 cm³/mol. The van der Waals surface area contributed by atoms with Crippen molar-refractivity contribution >= 4 is 5.69 Å². The molecule has 0 heterocycles. The minimum Gasteiger partial charge on any atom is -0.491 e. The van der Waals surface area contributed by atoms with Gasteiger partial charge in [-0.2, -0.15) is 0 Å². The fraction of sp³-hybridized carbons (Fsp3) is 0.385. The van der Waals surface area contributed by atoms with Crippen LogP contribution in [-0.2, 0) is 4.74 Å². The third-order valence-electron chi connectivity index (χ3n) is 1.76. The van der Waals surface area contributed by atoms with Gasteiger partial charge in [0.05, 0.1) is 6.54 Å². The molecule has 0 amide bonds. The van der Waals surface area contributed by atoms with Crippen molar-refractivity contribution in [3.8, 4) is 0 Å². The lowest BCUT2D eigenvalue weighted by atomic mass is 10.2. The standard InChI is InChI=1S/C13H18FNO/c1-10(16-13(2,3)4)9-15-12-7-5-6-11(14)8-12/h5-8,15H,1,9H2,2-4H3. The van der Waals surface area contributed by atoms with Crippen LogP contribution in [0.3, 0.4) is 0 Å². The van der Waals surface area contributed by atoms with E-state index in [1.165, 1.54) is 12.1 Å². The molecule has 0 saturated carbocycles. The molecule has 3 heteroatoms. The predicted octanol–water partition coefficient (Wildman–Crippen LogP) is 3.57. The van der Waals surface area contributed by atoms with E-state index in [-0.39, 0.29) is 11.4 Å². The first-order chi connectivity index (χ1) is 7.37. The summed E-state index contributed by atoms with van der Waals surface area (Å²) in [7, 11) is 0. The van der Waals surface area contributed by atoms with Gasteiger partial charge in [0.2, 0.25) is 0 Å². The highest BCUT2D eigenvalue weighted by Gasteiger charge is 2.11. The molecule has 88 valence electrons. The number of halogens is 1. The first kappa shape index (κ1) is 12.6. The van der Waals surface area contributed by atoms with Crippen LogP contribution < -0.4 is 5.32 Å². The molecule has 0 fully saturated rings. The molecule has 0 radical (unpaired) electrons. The highest BCUT2D eigenvalue weighted by atomic mass is 19.1. The Bertz CT molecular complexity index is 368. The molecule has 1 aromatic carbocycles. The maximum Gasteiger partial charge on any atom is 0.125 e. The van der Waals surface area contributed by atoms with Crippen LogP contribution in [0.25, 0.3) is 0 Å². The Morgan fingerprint density at radius 2 is 2.12 bits per heavy atom. The summed E-state index contributed by atoms with van der Waals surface area (Å²) in [6.07, 6.45) is 0. The van der Waals surface area contributed by atoms with Gasteiger partial charge >= 0.3 is 0 Å². The second kappa shape index (κ2) is 5.01. The minimum absolute atomic E-state index is 0.249. The average molecular weight is 223 g/mol. The first-order valence-corrected chi connectivity index (χ1v) is 5.23. The molecule has 0 aromatic heterocycles. The zero-order chi connectivity index (χ0) is 12.2. The zero-order valence-electron chi connectivity index (χ0n) is 10.0. The average Bonchev–Trinajstić information content (AvgIpc) is 2.12. The van der Waals surface area contributed by atoms with Crippen LogP contribution in [0.2, 0.25) is 0 Å². The highest BCUT2D eigenvalue weighted by molar-refractivity contribution is 5.43. The molecule has 0 saturated heterocycles. The van der Waals surface area contributed by atoms with Crippen LogP contribution >= 0.6 is 0 Å². The van der Waals surface area contributed by atoms with Gasteiger partial charge in [-0.05, 0) is 39.0 Å². The van der Waals surface area contributed by atoms with Crippen LogP contribution in [0.1, 0.15) is 20.8 Å². The third-order valence-corrected chi connectivity index (χ3v) is 1.76. The summed E-state index contributed by atoms with van der Waals surface area (Å²) in [6, 6.07) is 6.30. The Kier molecular flexibility index (Phi) is 3.93. The molecule has 16 heavy (non-hydrogen) atoms. The molecule has 0 bridgehead atoms. The van der Waals surface area contributed by atoms with Gasteiger partial charge in [0.25, 0.3) is 0 Å². The Morgan fingerprint density at radius 1 is 1.44 bits per heavy atom. The van der Waals surface area contributed by atoms with Gasteiger partial charge in [-0.25, -0.2) is 4.39 Å². The van der Waals surface area contributed by atoms with Crippen LogP contribution in [0.4, 0.5) is 10.1 Å². The van der Waals surface area contributed by atoms with E-state index in [4.69, 9.17) is 4.74 Å². The van der Waals surface area contributed by atoms with Crippen molar-refractivity contribution in [2.24, 2.45) is 0 Å². The molecule has 2 nitrogen and oxygen atoms in total. The summed E-state index contributed by atoms with van der Waals surface area (Å²) in [5, 5.41) is 3.04. The quantitative estimate of drug-likeness (QED) is 0.788. The van der Waals surface area contributed by atoms with Crippen molar-refractivity contribution in [2.45, 2.75) is 26.4 Å². The maximum absolute atomic E-state index is 12.9. The third kappa shape index (κ3) is 4.82. The summed E-state index contributed by atoms with van der Waals surface area (Å²) in [4.78, 5) is 0. The van der Waals surface area contributed by atoms with E-state index in [9.17, 15) is 4.39 Å². The van der Waals surface area contributed by atoms with E-state index in [2.05, 4.69) is 11.9 Å².